The van der Waals surface area contributed by atoms with Crippen LogP contribution in [0.15, 0.2) is 18.3 Å². The fourth-order valence-electron chi connectivity index (χ4n) is 1.69. The van der Waals surface area contributed by atoms with Gasteiger partial charge in [-0.15, -0.1) is 0 Å². The van der Waals surface area contributed by atoms with E-state index >= 15 is 0 Å². The highest BCUT2D eigenvalue weighted by Crippen LogP contribution is 2.14. The first-order valence-corrected chi connectivity index (χ1v) is 6.12. The Bertz CT molecular complexity index is 396. The number of anilines is 1. The molecule has 0 bridgehead atoms. The van der Waals surface area contributed by atoms with Crippen molar-refractivity contribution in [2.45, 2.75) is 26.3 Å². The number of carbonyl (C=O) groups is 1. The lowest BCUT2D eigenvalue weighted by Gasteiger charge is -2.28. The highest BCUT2D eigenvalue weighted by Gasteiger charge is 2.22. The second-order valence-electron chi connectivity index (χ2n) is 4.18. The third-order valence-electron chi connectivity index (χ3n) is 2.99. The number of nitrogens with zero attached hydrogens (tertiary/aromatic N) is 2. The van der Waals surface area contributed by atoms with Crippen molar-refractivity contribution in [3.8, 4) is 0 Å². The normalized spacial score (nSPS) is 12.2. The molecule has 0 aliphatic heterocycles. The largest absolute Gasteiger partial charge is 0.383 e. The van der Waals surface area contributed by atoms with Gasteiger partial charge in [-0.1, -0.05) is 6.92 Å². The minimum atomic E-state index is -0.0907. The van der Waals surface area contributed by atoms with E-state index in [0.29, 0.717) is 18.7 Å². The number of nitrogen functional groups attached to an aromatic ring is 1. The van der Waals surface area contributed by atoms with Gasteiger partial charge >= 0.3 is 0 Å². The lowest BCUT2D eigenvalue weighted by molar-refractivity contribution is 0.0614. The fraction of sp³-hybridized carbons (Fsp3) is 0.538. The molecule has 0 fully saturated rings. The van der Waals surface area contributed by atoms with Gasteiger partial charge < -0.3 is 15.4 Å². The Labute approximate surface area is 108 Å². The van der Waals surface area contributed by atoms with E-state index in [1.807, 2.05) is 13.8 Å². The smallest absolute Gasteiger partial charge is 0.257 e. The van der Waals surface area contributed by atoms with Gasteiger partial charge in [-0.05, 0) is 25.5 Å². The molecule has 100 valence electrons. The number of carbonyl (C=O) groups excluding carboxylic acids is 1. The monoisotopic (exact) mass is 251 g/mol. The molecule has 0 radical (unpaired) electrons. The van der Waals surface area contributed by atoms with Gasteiger partial charge in [0.05, 0.1) is 12.2 Å². The Hall–Kier alpha value is -1.62. The molecule has 18 heavy (non-hydrogen) atoms. The molecule has 0 spiro atoms. The molecule has 0 aliphatic carbocycles. The third kappa shape index (κ3) is 3.43. The molecule has 0 aromatic carbocycles. The average Bonchev–Trinajstić information content (AvgIpc) is 2.39. The lowest BCUT2D eigenvalue weighted by atomic mass is 10.1. The first kappa shape index (κ1) is 14.4. The molecule has 1 atom stereocenters. The van der Waals surface area contributed by atoms with Gasteiger partial charge in [-0.2, -0.15) is 0 Å². The van der Waals surface area contributed by atoms with Crippen LogP contribution in [0.3, 0.4) is 0 Å². The molecule has 2 N–H and O–H groups in total. The van der Waals surface area contributed by atoms with Gasteiger partial charge in [-0.25, -0.2) is 4.98 Å². The van der Waals surface area contributed by atoms with Crippen LogP contribution in [-0.2, 0) is 4.74 Å². The van der Waals surface area contributed by atoms with Crippen molar-refractivity contribution in [3.63, 3.8) is 0 Å². The summed E-state index contributed by atoms with van der Waals surface area (Å²) in [4.78, 5) is 18.1. The Balaban J connectivity index is 2.91. The molecule has 5 nitrogen and oxygen atoms in total. The zero-order valence-corrected chi connectivity index (χ0v) is 11.2. The van der Waals surface area contributed by atoms with Crippen LogP contribution in [0.5, 0.6) is 0 Å². The summed E-state index contributed by atoms with van der Waals surface area (Å²) in [7, 11) is 1.62. The van der Waals surface area contributed by atoms with E-state index < -0.39 is 0 Å². The highest BCUT2D eigenvalue weighted by atomic mass is 16.5. The average molecular weight is 251 g/mol. The molecule has 1 amide bonds. The van der Waals surface area contributed by atoms with Crippen molar-refractivity contribution >= 4 is 11.7 Å². The summed E-state index contributed by atoms with van der Waals surface area (Å²) in [5.41, 5.74) is 6.19. The Morgan fingerprint density at radius 3 is 2.89 bits per heavy atom. The second kappa shape index (κ2) is 6.96. The number of hydrogen-bond donors (Lipinski definition) is 1. The van der Waals surface area contributed by atoms with E-state index in [0.717, 1.165) is 6.42 Å². The molecular weight excluding hydrogens is 230 g/mol. The maximum atomic E-state index is 12.4. The molecule has 0 saturated heterocycles. The van der Waals surface area contributed by atoms with Crippen molar-refractivity contribution in [2.24, 2.45) is 0 Å². The molecule has 1 unspecified atom stereocenters. The van der Waals surface area contributed by atoms with Gasteiger partial charge in [0, 0.05) is 25.9 Å². The first-order valence-electron chi connectivity index (χ1n) is 6.12. The zero-order chi connectivity index (χ0) is 13.5. The summed E-state index contributed by atoms with van der Waals surface area (Å²) in [6, 6.07) is 3.56. The van der Waals surface area contributed by atoms with Crippen LogP contribution in [0.25, 0.3) is 0 Å². The number of methoxy groups -OCH3 is 1. The molecule has 0 aliphatic rings. The molecule has 1 aromatic rings. The van der Waals surface area contributed by atoms with Crippen molar-refractivity contribution < 1.29 is 9.53 Å². The van der Waals surface area contributed by atoms with Crippen molar-refractivity contribution in [1.29, 1.82) is 0 Å². The summed E-state index contributed by atoms with van der Waals surface area (Å²) in [6.07, 6.45) is 2.46. The van der Waals surface area contributed by atoms with Crippen LogP contribution in [0.2, 0.25) is 0 Å². The third-order valence-corrected chi connectivity index (χ3v) is 2.99. The summed E-state index contributed by atoms with van der Waals surface area (Å²) >= 11 is 0. The molecule has 1 rings (SSSR count). The minimum absolute atomic E-state index is 0.0907. The van der Waals surface area contributed by atoms with E-state index in [9.17, 15) is 4.79 Å². The van der Waals surface area contributed by atoms with Gasteiger partial charge in [0.1, 0.15) is 5.82 Å². The van der Waals surface area contributed by atoms with Crippen molar-refractivity contribution in [3.05, 3.63) is 23.9 Å². The summed E-state index contributed by atoms with van der Waals surface area (Å²) in [5, 5.41) is 0. The molecule has 1 heterocycles. The summed E-state index contributed by atoms with van der Waals surface area (Å²) in [5.74, 6) is 0.181. The topological polar surface area (TPSA) is 68.5 Å². The van der Waals surface area contributed by atoms with Crippen LogP contribution >= 0.6 is 0 Å². The Kier molecular flexibility index (Phi) is 5.58. The van der Waals surface area contributed by atoms with Crippen molar-refractivity contribution in [1.82, 2.24) is 9.88 Å². The maximum absolute atomic E-state index is 12.4. The van der Waals surface area contributed by atoms with Gasteiger partial charge in [0.2, 0.25) is 0 Å². The first-order chi connectivity index (χ1) is 8.61. The molecule has 0 saturated carbocycles. The Morgan fingerprint density at radius 2 is 2.33 bits per heavy atom. The van der Waals surface area contributed by atoms with Gasteiger partial charge in [0.15, 0.2) is 0 Å². The van der Waals surface area contributed by atoms with Crippen LogP contribution < -0.4 is 5.73 Å². The number of rotatable bonds is 6. The van der Waals surface area contributed by atoms with Crippen LogP contribution in [0.4, 0.5) is 5.82 Å². The van der Waals surface area contributed by atoms with Crippen LogP contribution in [0.1, 0.15) is 30.6 Å². The molecule has 1 aromatic heterocycles. The predicted molar refractivity (Wildman–Crippen MR) is 71.3 cm³/mol. The number of nitrogens with two attached hydrogens (primary N) is 1. The highest BCUT2D eigenvalue weighted by molar-refractivity contribution is 5.98. The van der Waals surface area contributed by atoms with E-state index in [1.165, 1.54) is 0 Å². The zero-order valence-electron chi connectivity index (χ0n) is 11.2. The second-order valence-corrected chi connectivity index (χ2v) is 4.18. The number of hydrogen-bond acceptors (Lipinski definition) is 4. The molecule has 5 heteroatoms. The summed E-state index contributed by atoms with van der Waals surface area (Å²) in [6.45, 7) is 5.12. The lowest BCUT2D eigenvalue weighted by Crippen LogP contribution is -2.40. The number of pyridine rings is 1. The predicted octanol–water partition coefficient (Wildman–Crippen LogP) is 1.55. The van der Waals surface area contributed by atoms with E-state index in [1.54, 1.807) is 30.3 Å². The maximum Gasteiger partial charge on any atom is 0.257 e. The molecular formula is C13H21N3O2. The van der Waals surface area contributed by atoms with Crippen molar-refractivity contribution in [2.75, 3.05) is 26.0 Å². The standard InChI is InChI=1S/C13H21N3O2/c1-4-10(2)16(8-9-18-3)13(17)11-6-5-7-15-12(11)14/h5-7,10H,4,8-9H2,1-3H3,(H2,14,15). The van der Waals surface area contributed by atoms with Gasteiger partial charge in [-0.3, -0.25) is 4.79 Å². The minimum Gasteiger partial charge on any atom is -0.383 e. The SMILES string of the molecule is CCC(C)N(CCOC)C(=O)c1cccnc1N. The van der Waals surface area contributed by atoms with E-state index in [-0.39, 0.29) is 17.8 Å². The Morgan fingerprint density at radius 1 is 1.61 bits per heavy atom. The van der Waals surface area contributed by atoms with Gasteiger partial charge in [0.25, 0.3) is 5.91 Å². The van der Waals surface area contributed by atoms with E-state index in [2.05, 4.69) is 4.98 Å². The number of aromatic nitrogens is 1. The van der Waals surface area contributed by atoms with Crippen LogP contribution in [0, 0.1) is 0 Å². The quantitative estimate of drug-likeness (QED) is 0.833. The summed E-state index contributed by atoms with van der Waals surface area (Å²) < 4.78 is 5.04. The van der Waals surface area contributed by atoms with E-state index in [4.69, 9.17) is 10.5 Å². The number of ether oxygens (including phenoxy) is 1. The number of amides is 1. The fourth-order valence-corrected chi connectivity index (χ4v) is 1.69. The van der Waals surface area contributed by atoms with Crippen LogP contribution in [-0.4, -0.2) is 42.1 Å².